The number of benzene rings is 5. The van der Waals surface area contributed by atoms with Gasteiger partial charge in [0.25, 0.3) is 11.8 Å². The largest absolute Gasteiger partial charge is 0.456 e. The van der Waals surface area contributed by atoms with Crippen molar-refractivity contribution < 1.29 is 28.6 Å². The molecular weight excluding hydrogens is 666 g/mol. The third-order valence-corrected chi connectivity index (χ3v) is 8.91. The minimum absolute atomic E-state index is 0.257. The molecule has 0 bridgehead atoms. The van der Waals surface area contributed by atoms with Crippen LogP contribution in [0.3, 0.4) is 0 Å². The fourth-order valence-electron chi connectivity index (χ4n) is 6.24. The summed E-state index contributed by atoms with van der Waals surface area (Å²) in [5, 5.41) is 12.3. The van der Waals surface area contributed by atoms with E-state index in [1.165, 1.54) is 30.4 Å². The van der Waals surface area contributed by atoms with Gasteiger partial charge in [-0.15, -0.1) is 0 Å². The molecule has 2 heterocycles. The van der Waals surface area contributed by atoms with E-state index in [-0.39, 0.29) is 11.8 Å². The maximum atomic E-state index is 12.1. The molecule has 2 N–H and O–H groups in total. The van der Waals surface area contributed by atoms with Gasteiger partial charge < -0.3 is 19.6 Å². The number of aliphatic hydroxyl groups excluding tert-OH is 1. The Morgan fingerprint density at radius 3 is 2.06 bits per heavy atom. The zero-order valence-electron chi connectivity index (χ0n) is 30.8. The first-order valence-corrected chi connectivity index (χ1v) is 17.1. The first-order valence-electron chi connectivity index (χ1n) is 17.1. The van der Waals surface area contributed by atoms with Crippen molar-refractivity contribution in [3.8, 4) is 22.5 Å². The van der Waals surface area contributed by atoms with Crippen LogP contribution in [0.2, 0.25) is 0 Å². The van der Waals surface area contributed by atoms with E-state index in [0.717, 1.165) is 79.5 Å². The van der Waals surface area contributed by atoms with Crippen LogP contribution in [0.15, 0.2) is 119 Å². The maximum absolute atomic E-state index is 12.1. The molecule has 0 fully saturated rings. The van der Waals surface area contributed by atoms with Crippen LogP contribution in [0.4, 0.5) is 17.1 Å². The molecule has 0 unspecified atom stereocenters. The molecule has 9 nitrogen and oxygen atoms in total. The van der Waals surface area contributed by atoms with Crippen molar-refractivity contribution >= 4 is 46.1 Å². The molecule has 4 aromatic rings. The highest BCUT2D eigenvalue weighted by atomic mass is 16.5. The van der Waals surface area contributed by atoms with Crippen LogP contribution in [-0.4, -0.2) is 55.5 Å². The first kappa shape index (κ1) is 38.1. The van der Waals surface area contributed by atoms with E-state index in [1.54, 1.807) is 0 Å². The average molecular weight is 710 g/mol. The number of aryl methyl sites for hydroxylation is 4. The quantitative estimate of drug-likeness (QED) is 0.0925. The molecule has 0 radical (unpaired) electrons. The summed E-state index contributed by atoms with van der Waals surface area (Å²) >= 11 is 0. The molecule has 9 heteroatoms. The Balaban J connectivity index is 0.000000356. The number of methoxy groups -OCH3 is 1. The van der Waals surface area contributed by atoms with Gasteiger partial charge in [0.1, 0.15) is 11.3 Å². The molecule has 2 aliphatic heterocycles. The van der Waals surface area contributed by atoms with E-state index in [2.05, 4.69) is 75.5 Å². The fraction of sp³-hybridized carbons (Fsp3) is 0.182. The summed E-state index contributed by atoms with van der Waals surface area (Å²) in [6.07, 6.45) is 3.44. The van der Waals surface area contributed by atoms with Gasteiger partial charge in [-0.25, -0.2) is 4.99 Å². The molecule has 4 aromatic carbocycles. The Kier molecular flexibility index (Phi) is 12.5. The zero-order valence-corrected chi connectivity index (χ0v) is 30.8. The number of hydrogen-bond acceptors (Lipinski definition) is 8. The molecule has 0 spiro atoms. The minimum atomic E-state index is -0.257. The standard InChI is InChI=1S/C36H30N2O2.C7H9NO3.CH4O/c1-22-9-7-10-23(2)35(22)37-27-15-17-30-32(19-27)40-33-20-28(38-36-24(3)11-8-12-25(36)4)16-18-31(33)34(30)29-14-6-5-13-26(29)21-39;1-11-5-4-8-6(9)2-3-7(8)10;1-2/h5-21,37H,1-4H3;2-3H,4-5H2,1H3;2H,1H3. The number of para-hydroxylation sites is 2. The summed E-state index contributed by atoms with van der Waals surface area (Å²) in [7, 11) is 2.53. The van der Waals surface area contributed by atoms with Crippen LogP contribution in [0.1, 0.15) is 32.6 Å². The van der Waals surface area contributed by atoms with Crippen molar-refractivity contribution in [2.24, 2.45) is 4.99 Å². The van der Waals surface area contributed by atoms with E-state index in [0.29, 0.717) is 24.5 Å². The van der Waals surface area contributed by atoms with Gasteiger partial charge in [0.2, 0.25) is 0 Å². The van der Waals surface area contributed by atoms with Crippen molar-refractivity contribution in [1.29, 1.82) is 0 Å². The normalized spacial score (nSPS) is 12.4. The number of nitrogens with one attached hydrogen (secondary N) is 1. The van der Waals surface area contributed by atoms with Crippen molar-refractivity contribution in [1.82, 2.24) is 4.90 Å². The van der Waals surface area contributed by atoms with E-state index >= 15 is 0 Å². The smallest absolute Gasteiger partial charge is 0.253 e. The van der Waals surface area contributed by atoms with Crippen LogP contribution >= 0.6 is 0 Å². The summed E-state index contributed by atoms with van der Waals surface area (Å²) in [5.74, 6) is 0.194. The van der Waals surface area contributed by atoms with Gasteiger partial charge >= 0.3 is 0 Å². The molecule has 53 heavy (non-hydrogen) atoms. The molecule has 0 saturated heterocycles. The number of anilines is 2. The highest BCUT2D eigenvalue weighted by molar-refractivity contribution is 6.12. The van der Waals surface area contributed by atoms with Gasteiger partial charge in [-0.2, -0.15) is 0 Å². The number of imide groups is 1. The van der Waals surface area contributed by atoms with Crippen LogP contribution in [0, 0.1) is 27.7 Å². The maximum Gasteiger partial charge on any atom is 0.253 e. The number of nitrogens with zero attached hydrogens (tertiary/aromatic N) is 2. The number of hydrogen-bond donors (Lipinski definition) is 2. The summed E-state index contributed by atoms with van der Waals surface area (Å²) < 4.78 is 11.3. The number of aldehydes is 1. The Labute approximate surface area is 309 Å². The lowest BCUT2D eigenvalue weighted by molar-refractivity contribution is -0.137. The number of carbonyl (C=O) groups excluding carboxylic acids is 3. The third-order valence-electron chi connectivity index (χ3n) is 8.91. The number of fused-ring (bicyclic) bond motifs is 2. The molecule has 0 atom stereocenters. The molecule has 270 valence electrons. The number of rotatable bonds is 8. The topological polar surface area (TPSA) is 121 Å². The number of amides is 2. The molecule has 0 saturated carbocycles. The molecule has 1 aliphatic carbocycles. The number of aliphatic hydroxyl groups is 1. The number of carbonyl (C=O) groups is 3. The van der Waals surface area contributed by atoms with Crippen molar-refractivity contribution in [2.45, 2.75) is 27.7 Å². The van der Waals surface area contributed by atoms with Crippen LogP contribution in [-0.2, 0) is 14.3 Å². The highest BCUT2D eigenvalue weighted by Crippen LogP contribution is 2.42. The summed E-state index contributed by atoms with van der Waals surface area (Å²) in [6.45, 7) is 9.07. The molecule has 0 aromatic heterocycles. The van der Waals surface area contributed by atoms with E-state index in [4.69, 9.17) is 19.3 Å². The van der Waals surface area contributed by atoms with Crippen LogP contribution in [0.25, 0.3) is 33.4 Å². The van der Waals surface area contributed by atoms with Crippen LogP contribution < -0.4 is 10.7 Å². The lowest BCUT2D eigenvalue weighted by atomic mass is 9.91. The number of ether oxygens (including phenoxy) is 1. The highest BCUT2D eigenvalue weighted by Gasteiger charge is 2.22. The Morgan fingerprint density at radius 2 is 1.42 bits per heavy atom. The first-order chi connectivity index (χ1) is 25.7. The molecule has 7 rings (SSSR count). The van der Waals surface area contributed by atoms with Crippen LogP contribution in [0.5, 0.6) is 0 Å². The summed E-state index contributed by atoms with van der Waals surface area (Å²) in [4.78, 5) is 39.9. The van der Waals surface area contributed by atoms with E-state index < -0.39 is 0 Å². The van der Waals surface area contributed by atoms with Crippen molar-refractivity contribution in [3.63, 3.8) is 0 Å². The van der Waals surface area contributed by atoms with E-state index in [9.17, 15) is 14.4 Å². The Bertz CT molecular complexity index is 2300. The minimum Gasteiger partial charge on any atom is -0.456 e. The third kappa shape index (κ3) is 8.49. The van der Waals surface area contributed by atoms with E-state index in [1.807, 2.05) is 54.6 Å². The molecular formula is C44H43N3O6. The lowest BCUT2D eigenvalue weighted by Crippen LogP contribution is -2.32. The fourth-order valence-corrected chi connectivity index (χ4v) is 6.24. The predicted octanol–water partition coefficient (Wildman–Crippen LogP) is 8.39. The van der Waals surface area contributed by atoms with Gasteiger partial charge in [-0.1, -0.05) is 60.7 Å². The van der Waals surface area contributed by atoms with Gasteiger partial charge in [0.05, 0.1) is 24.2 Å². The second-order valence-corrected chi connectivity index (χ2v) is 12.5. The summed E-state index contributed by atoms with van der Waals surface area (Å²) in [6, 6.07) is 32.4. The zero-order chi connectivity index (χ0) is 38.1. The second kappa shape index (κ2) is 17.4. The monoisotopic (exact) mass is 709 g/mol. The SMILES string of the molecule is CO.COCCN1C(=O)C=CC1=O.Cc1cccc(C)c1N=c1ccc2c(-c3ccccc3C=O)c3ccc(Nc4c(C)cccc4C)cc3oc-2c1. The Morgan fingerprint density at radius 1 is 0.774 bits per heavy atom. The predicted molar refractivity (Wildman–Crippen MR) is 210 cm³/mol. The average Bonchev–Trinajstić information content (AvgIpc) is 3.49. The Hall–Kier alpha value is -6.16. The van der Waals surface area contributed by atoms with Gasteiger partial charge in [0, 0.05) is 72.0 Å². The van der Waals surface area contributed by atoms with Crippen molar-refractivity contribution in [3.05, 3.63) is 142 Å². The lowest BCUT2D eigenvalue weighted by Gasteiger charge is -2.18. The molecule has 3 aliphatic rings. The molecule has 2 amide bonds. The second-order valence-electron chi connectivity index (χ2n) is 12.5. The van der Waals surface area contributed by atoms with Crippen molar-refractivity contribution in [2.75, 3.05) is 32.7 Å². The van der Waals surface area contributed by atoms with Gasteiger partial charge in [-0.3, -0.25) is 19.3 Å². The van der Waals surface area contributed by atoms with Gasteiger partial charge in [-0.05, 0) is 79.8 Å². The summed E-state index contributed by atoms with van der Waals surface area (Å²) in [5.41, 5.74) is 11.7. The van der Waals surface area contributed by atoms with Gasteiger partial charge in [0.15, 0.2) is 6.29 Å².